The second-order valence-electron chi connectivity index (χ2n) is 4.07. The Bertz CT molecular complexity index is 377. The molecule has 0 radical (unpaired) electrons. The minimum Gasteiger partial charge on any atom is -0.480 e. The third-order valence-electron chi connectivity index (χ3n) is 2.27. The fraction of sp³-hybridized carbons (Fsp3) is 0.600. The molecule has 0 aliphatic rings. The first kappa shape index (κ1) is 13.5. The first-order chi connectivity index (χ1) is 7.33. The monoisotopic (exact) mass is 260 g/mol. The largest absolute Gasteiger partial charge is 0.480 e. The van der Waals surface area contributed by atoms with Crippen molar-refractivity contribution in [2.75, 3.05) is 0 Å². The third kappa shape index (κ3) is 3.47. The average Bonchev–Trinajstić information content (AvgIpc) is 2.60. The molecule has 0 saturated heterocycles. The van der Waals surface area contributed by atoms with Gasteiger partial charge < -0.3 is 10.8 Å². The molecular formula is C10H16N2O2S2. The van der Waals surface area contributed by atoms with E-state index >= 15 is 0 Å². The number of carboxylic acid groups (broad SMARTS) is 1. The van der Waals surface area contributed by atoms with E-state index in [4.69, 9.17) is 10.8 Å². The number of hydrogen-bond acceptors (Lipinski definition) is 5. The zero-order chi connectivity index (χ0) is 12.3. The summed E-state index contributed by atoms with van der Waals surface area (Å²) in [5.41, 5.74) is 6.61. The number of aliphatic carboxylic acids is 1. The van der Waals surface area contributed by atoms with Crippen LogP contribution in [0.25, 0.3) is 0 Å². The number of hydrogen-bond donors (Lipinski definition) is 2. The van der Waals surface area contributed by atoms with Crippen LogP contribution < -0.4 is 5.73 Å². The zero-order valence-corrected chi connectivity index (χ0v) is 11.2. The van der Waals surface area contributed by atoms with Crippen LogP contribution in [0.3, 0.4) is 0 Å². The van der Waals surface area contributed by atoms with E-state index in [1.165, 1.54) is 11.8 Å². The van der Waals surface area contributed by atoms with Crippen molar-refractivity contribution in [3.05, 3.63) is 16.1 Å². The first-order valence-corrected chi connectivity index (χ1v) is 6.73. The molecule has 0 fully saturated rings. The molecule has 4 nitrogen and oxygen atoms in total. The molecule has 16 heavy (non-hydrogen) atoms. The first-order valence-electron chi connectivity index (χ1n) is 4.86. The van der Waals surface area contributed by atoms with Gasteiger partial charge in [0.2, 0.25) is 0 Å². The fourth-order valence-electron chi connectivity index (χ4n) is 1.12. The van der Waals surface area contributed by atoms with Gasteiger partial charge in [-0.3, -0.25) is 4.79 Å². The van der Waals surface area contributed by atoms with Crippen molar-refractivity contribution in [1.82, 2.24) is 4.98 Å². The van der Waals surface area contributed by atoms with Gasteiger partial charge in [0.05, 0.1) is 10.7 Å². The maximum absolute atomic E-state index is 10.8. The highest BCUT2D eigenvalue weighted by molar-refractivity contribution is 7.99. The van der Waals surface area contributed by atoms with Gasteiger partial charge in [-0.2, -0.15) is 0 Å². The Morgan fingerprint density at radius 2 is 2.38 bits per heavy atom. The molecule has 0 aliphatic carbocycles. The van der Waals surface area contributed by atoms with Crippen LogP contribution in [-0.4, -0.2) is 26.8 Å². The number of carbonyl (C=O) groups is 1. The van der Waals surface area contributed by atoms with Crippen molar-refractivity contribution in [2.24, 2.45) is 5.73 Å². The summed E-state index contributed by atoms with van der Waals surface area (Å²) in [6.45, 7) is 5.64. The van der Waals surface area contributed by atoms with Crippen LogP contribution >= 0.6 is 23.1 Å². The summed E-state index contributed by atoms with van der Waals surface area (Å²) in [5.74, 6) is -0.273. The Kier molecular flexibility index (Phi) is 4.35. The van der Waals surface area contributed by atoms with Crippen molar-refractivity contribution in [1.29, 1.82) is 0 Å². The minimum absolute atomic E-state index is 0.497. The molecule has 0 saturated carbocycles. The van der Waals surface area contributed by atoms with Gasteiger partial charge in [-0.25, -0.2) is 4.98 Å². The van der Waals surface area contributed by atoms with Crippen LogP contribution in [0.15, 0.2) is 5.38 Å². The molecule has 1 heterocycles. The number of aryl methyl sites for hydroxylation is 1. The van der Waals surface area contributed by atoms with Gasteiger partial charge in [-0.15, -0.1) is 23.1 Å². The lowest BCUT2D eigenvalue weighted by Gasteiger charge is -2.27. The summed E-state index contributed by atoms with van der Waals surface area (Å²) in [4.78, 5) is 15.1. The van der Waals surface area contributed by atoms with Gasteiger partial charge >= 0.3 is 5.97 Å². The molecule has 1 atom stereocenters. The van der Waals surface area contributed by atoms with E-state index < -0.39 is 16.8 Å². The Morgan fingerprint density at radius 1 is 1.75 bits per heavy atom. The summed E-state index contributed by atoms with van der Waals surface area (Å²) in [6, 6.07) is -0.864. The molecule has 0 bridgehead atoms. The predicted molar refractivity (Wildman–Crippen MR) is 67.8 cm³/mol. The van der Waals surface area contributed by atoms with Gasteiger partial charge in [-0.1, -0.05) is 0 Å². The van der Waals surface area contributed by atoms with Gasteiger partial charge in [0.15, 0.2) is 0 Å². The van der Waals surface area contributed by atoms with E-state index in [1.54, 1.807) is 11.3 Å². The molecule has 0 aliphatic heterocycles. The van der Waals surface area contributed by atoms with Crippen LogP contribution in [0, 0.1) is 6.92 Å². The Hall–Kier alpha value is -0.590. The number of aromatic nitrogens is 1. The quantitative estimate of drug-likeness (QED) is 0.845. The maximum atomic E-state index is 10.8. The fourth-order valence-corrected chi connectivity index (χ4v) is 2.79. The van der Waals surface area contributed by atoms with Crippen LogP contribution in [0.5, 0.6) is 0 Å². The molecular weight excluding hydrogens is 244 g/mol. The topological polar surface area (TPSA) is 76.2 Å². The third-order valence-corrected chi connectivity index (χ3v) is 4.53. The number of rotatable bonds is 5. The highest BCUT2D eigenvalue weighted by Crippen LogP contribution is 2.30. The van der Waals surface area contributed by atoms with E-state index in [2.05, 4.69) is 4.98 Å². The lowest BCUT2D eigenvalue weighted by Crippen LogP contribution is -2.46. The zero-order valence-electron chi connectivity index (χ0n) is 9.56. The van der Waals surface area contributed by atoms with Crippen molar-refractivity contribution in [3.8, 4) is 0 Å². The number of nitrogens with zero attached hydrogens (tertiary/aromatic N) is 1. The van der Waals surface area contributed by atoms with E-state index in [0.717, 1.165) is 10.7 Å². The molecule has 0 spiro atoms. The SMILES string of the molecule is Cc1nc(CSC(C)(C)[C@H](N)C(=O)O)cs1. The van der Waals surface area contributed by atoms with E-state index in [0.29, 0.717) is 5.75 Å². The Balaban J connectivity index is 2.57. The number of thioether (sulfide) groups is 1. The molecule has 3 N–H and O–H groups in total. The highest BCUT2D eigenvalue weighted by Gasteiger charge is 2.32. The molecule has 0 aromatic carbocycles. The van der Waals surface area contributed by atoms with Gasteiger partial charge in [0.25, 0.3) is 0 Å². The van der Waals surface area contributed by atoms with Crippen LogP contribution in [0.2, 0.25) is 0 Å². The summed E-state index contributed by atoms with van der Waals surface area (Å²) < 4.78 is -0.497. The van der Waals surface area contributed by atoms with E-state index in [-0.39, 0.29) is 0 Å². The van der Waals surface area contributed by atoms with Gasteiger partial charge in [-0.05, 0) is 20.8 Å². The lowest BCUT2D eigenvalue weighted by atomic mass is 10.1. The molecule has 1 aromatic heterocycles. The van der Waals surface area contributed by atoms with Crippen LogP contribution in [0.1, 0.15) is 24.5 Å². The summed E-state index contributed by atoms with van der Waals surface area (Å²) in [6.07, 6.45) is 0. The number of carboxylic acids is 1. The molecule has 90 valence electrons. The maximum Gasteiger partial charge on any atom is 0.321 e. The van der Waals surface area contributed by atoms with Gasteiger partial charge in [0, 0.05) is 15.9 Å². The summed E-state index contributed by atoms with van der Waals surface area (Å²) in [5, 5.41) is 11.9. The standard InChI is InChI=1S/C10H16N2O2S2/c1-6-12-7(4-15-6)5-16-10(2,3)8(11)9(13)14/h4,8H,5,11H2,1-3H3,(H,13,14)/t8-/m1/s1. The molecule has 1 aromatic rings. The van der Waals surface area contributed by atoms with Crippen molar-refractivity contribution < 1.29 is 9.90 Å². The number of nitrogens with two attached hydrogens (primary N) is 1. The predicted octanol–water partition coefficient (Wildman–Crippen LogP) is 1.88. The molecule has 1 rings (SSSR count). The van der Waals surface area contributed by atoms with Crippen molar-refractivity contribution in [3.63, 3.8) is 0 Å². The summed E-state index contributed by atoms with van der Waals surface area (Å²) >= 11 is 3.12. The second-order valence-corrected chi connectivity index (χ2v) is 6.76. The van der Waals surface area contributed by atoms with Gasteiger partial charge in [0.1, 0.15) is 6.04 Å². The molecule has 6 heteroatoms. The smallest absolute Gasteiger partial charge is 0.321 e. The van der Waals surface area contributed by atoms with E-state index in [9.17, 15) is 4.79 Å². The Labute approximate surface area is 103 Å². The van der Waals surface area contributed by atoms with Crippen molar-refractivity contribution >= 4 is 29.1 Å². The minimum atomic E-state index is -0.966. The molecule has 0 amide bonds. The Morgan fingerprint density at radius 3 is 2.81 bits per heavy atom. The number of thiazole rings is 1. The van der Waals surface area contributed by atoms with E-state index in [1.807, 2.05) is 26.2 Å². The second kappa shape index (κ2) is 5.16. The normalized spacial score (nSPS) is 13.8. The highest BCUT2D eigenvalue weighted by atomic mass is 32.2. The average molecular weight is 260 g/mol. The molecule has 0 unspecified atom stereocenters. The van der Waals surface area contributed by atoms with Crippen LogP contribution in [-0.2, 0) is 10.5 Å². The van der Waals surface area contributed by atoms with Crippen LogP contribution in [0.4, 0.5) is 0 Å². The van der Waals surface area contributed by atoms with Crippen molar-refractivity contribution in [2.45, 2.75) is 37.3 Å². The summed E-state index contributed by atoms with van der Waals surface area (Å²) in [7, 11) is 0. The lowest BCUT2D eigenvalue weighted by molar-refractivity contribution is -0.139.